The summed E-state index contributed by atoms with van der Waals surface area (Å²) in [5.74, 6) is 2.76. The smallest absolute Gasteiger partial charge is 0.256 e. The molecule has 0 aliphatic rings. The van der Waals surface area contributed by atoms with Crippen LogP contribution < -0.4 is 10.5 Å². The zero-order valence-corrected chi connectivity index (χ0v) is 10.1. The number of methoxy groups -OCH3 is 1. The quantitative estimate of drug-likeness (QED) is 0.630. The highest BCUT2D eigenvalue weighted by atomic mass is 16.5. The molecule has 0 saturated heterocycles. The summed E-state index contributed by atoms with van der Waals surface area (Å²) in [6, 6.07) is 5.11. The second kappa shape index (κ2) is 5.80. The first-order valence-corrected chi connectivity index (χ1v) is 5.30. The molecule has 0 fully saturated rings. The number of nitrogens with zero attached hydrogens (tertiary/aromatic N) is 1. The number of hydrogen-bond acceptors (Lipinski definition) is 3. The molecule has 0 heterocycles. The number of carbonyl (C=O) groups is 1. The van der Waals surface area contributed by atoms with Gasteiger partial charge in [0.15, 0.2) is 0 Å². The molecule has 17 heavy (non-hydrogen) atoms. The normalized spacial score (nSPS) is 9.47. The largest absolute Gasteiger partial charge is 0.495 e. The fourth-order valence-electron chi connectivity index (χ4n) is 1.52. The monoisotopic (exact) mass is 232 g/mol. The topological polar surface area (TPSA) is 55.6 Å². The number of carbonyl (C=O) groups excluding carboxylic acids is 1. The van der Waals surface area contributed by atoms with Gasteiger partial charge in [0.2, 0.25) is 0 Å². The summed E-state index contributed by atoms with van der Waals surface area (Å²) in [6.07, 6.45) is 5.22. The first kappa shape index (κ1) is 12.9. The van der Waals surface area contributed by atoms with Crippen LogP contribution >= 0.6 is 0 Å². The van der Waals surface area contributed by atoms with Crippen molar-refractivity contribution in [2.45, 2.75) is 6.92 Å². The molecule has 1 aromatic rings. The molecule has 90 valence electrons. The lowest BCUT2D eigenvalue weighted by atomic mass is 10.1. The maximum absolute atomic E-state index is 12.1. The van der Waals surface area contributed by atoms with E-state index in [4.69, 9.17) is 16.9 Å². The third-order valence-corrected chi connectivity index (χ3v) is 2.47. The molecule has 0 radical (unpaired) electrons. The van der Waals surface area contributed by atoms with Crippen LogP contribution in [0.1, 0.15) is 17.3 Å². The van der Waals surface area contributed by atoms with Gasteiger partial charge in [0, 0.05) is 6.54 Å². The predicted molar refractivity (Wildman–Crippen MR) is 67.8 cm³/mol. The fraction of sp³-hybridized carbons (Fsp3) is 0.308. The molecule has 0 unspecified atom stereocenters. The Balaban J connectivity index is 3.08. The van der Waals surface area contributed by atoms with Crippen LogP contribution in [0.25, 0.3) is 0 Å². The second-order valence-electron chi connectivity index (χ2n) is 3.44. The van der Waals surface area contributed by atoms with E-state index in [-0.39, 0.29) is 12.5 Å². The zero-order valence-electron chi connectivity index (χ0n) is 10.1. The van der Waals surface area contributed by atoms with Gasteiger partial charge >= 0.3 is 0 Å². The van der Waals surface area contributed by atoms with E-state index in [0.717, 1.165) is 0 Å². The van der Waals surface area contributed by atoms with Crippen LogP contribution in [0.5, 0.6) is 5.75 Å². The lowest BCUT2D eigenvalue weighted by Gasteiger charge is -2.19. The van der Waals surface area contributed by atoms with Crippen LogP contribution in [-0.4, -0.2) is 31.0 Å². The van der Waals surface area contributed by atoms with Crippen LogP contribution in [0.2, 0.25) is 0 Å². The minimum atomic E-state index is -0.179. The Morgan fingerprint density at radius 1 is 1.59 bits per heavy atom. The Morgan fingerprint density at radius 2 is 2.29 bits per heavy atom. The standard InChI is InChI=1S/C13H16N2O2/c1-4-9-15(5-2)13(16)10-7-6-8-11(17-3)12(10)14/h1,6-8H,5,9,14H2,2-3H3. The maximum atomic E-state index is 12.1. The number of amides is 1. The average Bonchev–Trinajstić information content (AvgIpc) is 2.35. The molecule has 0 aliphatic carbocycles. The van der Waals surface area contributed by atoms with E-state index in [1.54, 1.807) is 23.1 Å². The number of terminal acetylenes is 1. The van der Waals surface area contributed by atoms with Crippen molar-refractivity contribution in [3.8, 4) is 18.1 Å². The van der Waals surface area contributed by atoms with Crippen LogP contribution in [0.15, 0.2) is 18.2 Å². The van der Waals surface area contributed by atoms with Gasteiger partial charge in [-0.15, -0.1) is 6.42 Å². The van der Waals surface area contributed by atoms with Crippen molar-refractivity contribution < 1.29 is 9.53 Å². The highest BCUT2D eigenvalue weighted by Gasteiger charge is 2.17. The molecule has 0 aliphatic heterocycles. The predicted octanol–water partition coefficient (Wildman–Crippen LogP) is 1.37. The third kappa shape index (κ3) is 2.70. The van der Waals surface area contributed by atoms with Crippen molar-refractivity contribution in [2.75, 3.05) is 25.9 Å². The maximum Gasteiger partial charge on any atom is 0.256 e. The summed E-state index contributed by atoms with van der Waals surface area (Å²) >= 11 is 0. The second-order valence-corrected chi connectivity index (χ2v) is 3.44. The van der Waals surface area contributed by atoms with Gasteiger partial charge in [0.25, 0.3) is 5.91 Å². The van der Waals surface area contributed by atoms with Crippen LogP contribution in [0.3, 0.4) is 0 Å². The first-order chi connectivity index (χ1) is 8.15. The van der Waals surface area contributed by atoms with Gasteiger partial charge < -0.3 is 15.4 Å². The van der Waals surface area contributed by atoms with Crippen molar-refractivity contribution in [3.63, 3.8) is 0 Å². The summed E-state index contributed by atoms with van der Waals surface area (Å²) in [4.78, 5) is 13.7. The lowest BCUT2D eigenvalue weighted by molar-refractivity contribution is 0.0785. The van der Waals surface area contributed by atoms with Gasteiger partial charge in [-0.05, 0) is 19.1 Å². The van der Waals surface area contributed by atoms with E-state index in [1.165, 1.54) is 7.11 Å². The Labute approximate surface area is 101 Å². The van der Waals surface area contributed by atoms with Crippen molar-refractivity contribution >= 4 is 11.6 Å². The molecule has 4 heteroatoms. The molecule has 0 spiro atoms. The third-order valence-electron chi connectivity index (χ3n) is 2.47. The van der Waals surface area contributed by atoms with E-state index in [9.17, 15) is 4.79 Å². The Hall–Kier alpha value is -2.15. The van der Waals surface area contributed by atoms with Gasteiger partial charge in [-0.25, -0.2) is 0 Å². The number of anilines is 1. The van der Waals surface area contributed by atoms with Crippen LogP contribution in [0, 0.1) is 12.3 Å². The molecule has 0 atom stereocenters. The minimum absolute atomic E-state index is 0.179. The van der Waals surface area contributed by atoms with Gasteiger partial charge in [-0.3, -0.25) is 4.79 Å². The molecular formula is C13H16N2O2. The molecular weight excluding hydrogens is 216 g/mol. The zero-order chi connectivity index (χ0) is 12.8. The van der Waals surface area contributed by atoms with Crippen molar-refractivity contribution in [1.82, 2.24) is 4.90 Å². The van der Waals surface area contributed by atoms with Crippen molar-refractivity contribution in [3.05, 3.63) is 23.8 Å². The molecule has 1 rings (SSSR count). The molecule has 4 nitrogen and oxygen atoms in total. The first-order valence-electron chi connectivity index (χ1n) is 5.30. The Morgan fingerprint density at radius 3 is 2.82 bits per heavy atom. The van der Waals surface area contributed by atoms with E-state index < -0.39 is 0 Å². The number of para-hydroxylation sites is 1. The van der Waals surface area contributed by atoms with Crippen LogP contribution in [-0.2, 0) is 0 Å². The molecule has 0 bridgehead atoms. The lowest BCUT2D eigenvalue weighted by Crippen LogP contribution is -2.31. The molecule has 1 amide bonds. The summed E-state index contributed by atoms with van der Waals surface area (Å²) in [5, 5.41) is 0. The van der Waals surface area contributed by atoms with E-state index in [2.05, 4.69) is 5.92 Å². The number of nitrogen functional groups attached to an aromatic ring is 1. The van der Waals surface area contributed by atoms with Gasteiger partial charge in [-0.2, -0.15) is 0 Å². The molecule has 2 N–H and O–H groups in total. The number of benzene rings is 1. The highest BCUT2D eigenvalue weighted by molar-refractivity contribution is 6.00. The average molecular weight is 232 g/mol. The van der Waals surface area contributed by atoms with Crippen molar-refractivity contribution in [2.24, 2.45) is 0 Å². The summed E-state index contributed by atoms with van der Waals surface area (Å²) in [6.45, 7) is 2.68. The minimum Gasteiger partial charge on any atom is -0.495 e. The number of nitrogens with two attached hydrogens (primary N) is 1. The number of rotatable bonds is 4. The number of ether oxygens (including phenoxy) is 1. The fourth-order valence-corrected chi connectivity index (χ4v) is 1.52. The molecule has 1 aromatic carbocycles. The van der Waals surface area contributed by atoms with Crippen LogP contribution in [0.4, 0.5) is 5.69 Å². The molecule has 0 aromatic heterocycles. The SMILES string of the molecule is C#CCN(CC)C(=O)c1cccc(OC)c1N. The van der Waals surface area contributed by atoms with Crippen molar-refractivity contribution in [1.29, 1.82) is 0 Å². The highest BCUT2D eigenvalue weighted by Crippen LogP contribution is 2.25. The summed E-state index contributed by atoms with van der Waals surface area (Å²) in [5.41, 5.74) is 6.62. The Bertz CT molecular complexity index is 449. The summed E-state index contributed by atoms with van der Waals surface area (Å²) in [7, 11) is 1.51. The summed E-state index contributed by atoms with van der Waals surface area (Å²) < 4.78 is 5.07. The Kier molecular flexibility index (Phi) is 4.41. The van der Waals surface area contributed by atoms with Gasteiger partial charge in [0.1, 0.15) is 5.75 Å². The van der Waals surface area contributed by atoms with E-state index >= 15 is 0 Å². The number of hydrogen-bond donors (Lipinski definition) is 1. The van der Waals surface area contributed by atoms with Gasteiger partial charge in [-0.1, -0.05) is 12.0 Å². The van der Waals surface area contributed by atoms with E-state index in [1.807, 2.05) is 6.92 Å². The van der Waals surface area contributed by atoms with Gasteiger partial charge in [0.05, 0.1) is 24.9 Å². The van der Waals surface area contributed by atoms with E-state index in [0.29, 0.717) is 23.5 Å². The molecule has 0 saturated carbocycles.